The molecular formula is H7B4I4P4-4. The van der Waals surface area contributed by atoms with Crippen LogP contribution >= 0.6 is 31.2 Å². The van der Waals surface area contributed by atoms with Gasteiger partial charge in [0.25, 0.3) is 0 Å². The van der Waals surface area contributed by atoms with Crippen LogP contribution in [0.3, 0.4) is 0 Å². The minimum absolute atomic E-state index is 0.433. The van der Waals surface area contributed by atoms with Gasteiger partial charge in [0.05, 0.1) is 0 Å². The number of rotatable bonds is 8. The van der Waals surface area contributed by atoms with Crippen molar-refractivity contribution in [1.29, 1.82) is 0 Å². The molecule has 0 heterocycles. The summed E-state index contributed by atoms with van der Waals surface area (Å²) in [5.41, 5.74) is 0. The molecule has 12 heavy (non-hydrogen) atoms. The van der Waals surface area contributed by atoms with Gasteiger partial charge in [-0.25, -0.2) is 0 Å². The van der Waals surface area contributed by atoms with Crippen molar-refractivity contribution >= 4 is 46.1 Å². The van der Waals surface area contributed by atoms with E-state index >= 15 is 0 Å². The summed E-state index contributed by atoms with van der Waals surface area (Å²) in [6, 6.07) is 0. The van der Waals surface area contributed by atoms with Crippen LogP contribution in [-0.2, 0) is 0 Å². The monoisotopic (exact) mass is 683 g/mol. The molecule has 0 amide bonds. The van der Waals surface area contributed by atoms with Crippen molar-refractivity contribution in [2.75, 3.05) is 0 Å². The molecule has 0 aromatic heterocycles. The Morgan fingerprint density at radius 3 is 2.00 bits per heavy atom. The third-order valence-electron chi connectivity index (χ3n) is 0.564. The molecule has 0 fully saturated rings. The summed E-state index contributed by atoms with van der Waals surface area (Å²) < 4.78 is 2.59. The van der Waals surface area contributed by atoms with E-state index in [1.165, 1.54) is 4.15 Å². The first-order valence-corrected chi connectivity index (χ1v) is 19.4. The molecule has 0 rings (SSSR count). The van der Waals surface area contributed by atoms with E-state index in [1.54, 1.807) is 0 Å². The van der Waals surface area contributed by atoms with Crippen LogP contribution in [0.1, 0.15) is 0 Å². The number of hydrogen-bond acceptors (Lipinski definition) is 0. The standard InChI is InChI=1S/B4H7I4P4/c9-1-5-4(6-2-10)8-12-7-3-11/h12H,9-11H2/q-4. The number of halogens is 4. The summed E-state index contributed by atoms with van der Waals surface area (Å²) in [6.07, 6.45) is 0. The predicted molar refractivity (Wildman–Crippen MR) is 60.5 cm³/mol. The molecule has 71 valence electrons. The summed E-state index contributed by atoms with van der Waals surface area (Å²) in [6.45, 7) is 0. The van der Waals surface area contributed by atoms with E-state index in [9.17, 15) is 0 Å². The summed E-state index contributed by atoms with van der Waals surface area (Å²) in [5.74, 6) is 0. The molecule has 0 spiro atoms. The van der Waals surface area contributed by atoms with Gasteiger partial charge in [0.15, 0.2) is 0 Å². The topological polar surface area (TPSA) is 0 Å². The zero-order valence-electron chi connectivity index (χ0n) is 6.05. The fourth-order valence-electron chi connectivity index (χ4n) is 0.264. The fourth-order valence-corrected chi connectivity index (χ4v) is 63.6. The van der Waals surface area contributed by atoms with E-state index in [2.05, 4.69) is 41.9 Å². The van der Waals surface area contributed by atoms with Crippen molar-refractivity contribution in [3.05, 3.63) is 0 Å². The third-order valence-corrected chi connectivity index (χ3v) is 37.6. The van der Waals surface area contributed by atoms with Crippen LogP contribution in [-0.4, -0.2) is 14.8 Å². The summed E-state index contributed by atoms with van der Waals surface area (Å²) in [5, 5.41) is 0. The number of hydrogen-bond donors (Lipinski definition) is 0. The van der Waals surface area contributed by atoms with Crippen molar-refractivity contribution in [2.24, 2.45) is 0 Å². The van der Waals surface area contributed by atoms with Gasteiger partial charge in [-0.2, -0.15) is 0 Å². The Morgan fingerprint density at radius 1 is 1.00 bits per heavy atom. The Morgan fingerprint density at radius 2 is 1.58 bits per heavy atom. The van der Waals surface area contributed by atoms with Gasteiger partial charge in [-0.05, 0) is 0 Å². The maximum absolute atomic E-state index is 2.79. The Balaban J connectivity index is 3.34. The Labute approximate surface area is 126 Å². The van der Waals surface area contributed by atoms with Crippen molar-refractivity contribution in [3.63, 3.8) is 0 Å². The first kappa shape index (κ1) is 16.9. The van der Waals surface area contributed by atoms with Crippen LogP contribution in [0.4, 0.5) is 0 Å². The maximum atomic E-state index is 2.79. The van der Waals surface area contributed by atoms with Crippen LogP contribution in [0, 0.1) is 0 Å². The van der Waals surface area contributed by atoms with E-state index in [1.807, 2.05) is 0 Å². The second kappa shape index (κ2) is 14.0. The van der Waals surface area contributed by atoms with Gasteiger partial charge in [0.1, 0.15) is 0 Å². The molecule has 0 nitrogen and oxygen atoms in total. The van der Waals surface area contributed by atoms with E-state index in [0.717, 1.165) is 0 Å². The second-order valence-corrected chi connectivity index (χ2v) is 34.5. The first-order valence-electron chi connectivity index (χ1n) is 2.69. The molecular weight excluding hydrogens is 675 g/mol. The summed E-state index contributed by atoms with van der Waals surface area (Å²) in [7, 11) is 8.34. The van der Waals surface area contributed by atoms with Gasteiger partial charge >= 0.3 is 128 Å². The molecule has 0 aliphatic rings. The Kier molecular flexibility index (Phi) is 19.7. The zero-order valence-corrected chi connectivity index (χ0v) is 19.1. The Hall–Kier alpha value is 4.90. The molecule has 12 heteroatoms. The SMILES string of the molecule is P[B][I-]P[I-]B([I-][B]P)[I-][B]P. The molecule has 0 aliphatic heterocycles. The van der Waals surface area contributed by atoms with E-state index < -0.39 is 0 Å². The van der Waals surface area contributed by atoms with Gasteiger partial charge in [-0.15, -0.1) is 0 Å². The van der Waals surface area contributed by atoms with Gasteiger partial charge in [-0.3, -0.25) is 0 Å². The van der Waals surface area contributed by atoms with Crippen LogP contribution in [0.25, 0.3) is 0 Å². The normalized spacial score (nSPS) is 11.6. The minimum atomic E-state index is 0.433. The molecule has 0 aromatic rings. The van der Waals surface area contributed by atoms with Crippen LogP contribution in [0.5, 0.6) is 0 Å². The molecule has 4 atom stereocenters. The van der Waals surface area contributed by atoms with Gasteiger partial charge in [0, 0.05) is 0 Å². The van der Waals surface area contributed by atoms with Crippen LogP contribution in [0.2, 0.25) is 0 Å². The zero-order chi connectivity index (χ0) is 9.23. The van der Waals surface area contributed by atoms with Crippen molar-refractivity contribution < 1.29 is 82.4 Å². The van der Waals surface area contributed by atoms with Gasteiger partial charge < -0.3 is 0 Å². The Bertz CT molecular complexity index is 89.1. The molecule has 0 N–H and O–H groups in total. The van der Waals surface area contributed by atoms with Crippen LogP contribution in [0.15, 0.2) is 0 Å². The molecule has 0 aliphatic carbocycles. The van der Waals surface area contributed by atoms with Gasteiger partial charge in [0.2, 0.25) is 0 Å². The molecule has 0 bridgehead atoms. The molecule has 4 unspecified atom stereocenters. The van der Waals surface area contributed by atoms with Gasteiger partial charge in [-0.1, -0.05) is 0 Å². The van der Waals surface area contributed by atoms with Crippen LogP contribution < -0.4 is 82.4 Å². The predicted octanol–water partition coefficient (Wildman–Crippen LogP) is -11.9. The fraction of sp³-hybridized carbons (Fsp3) is 0. The van der Waals surface area contributed by atoms with Crippen molar-refractivity contribution in [1.82, 2.24) is 0 Å². The molecule has 0 aromatic carbocycles. The summed E-state index contributed by atoms with van der Waals surface area (Å²) >= 11 is 1.93. The van der Waals surface area contributed by atoms with Crippen molar-refractivity contribution in [2.45, 2.75) is 0 Å². The molecule has 0 saturated carbocycles. The average molecular weight is 682 g/mol. The molecule has 0 saturated heterocycles. The quantitative estimate of drug-likeness (QED) is 0.104. The van der Waals surface area contributed by atoms with Crippen molar-refractivity contribution in [3.8, 4) is 0 Å². The van der Waals surface area contributed by atoms with E-state index in [0.29, 0.717) is 82.4 Å². The third kappa shape index (κ3) is 11.4. The average Bonchev–Trinajstić information content (AvgIpc) is 2.06. The van der Waals surface area contributed by atoms with E-state index in [-0.39, 0.29) is 0 Å². The van der Waals surface area contributed by atoms with E-state index in [4.69, 9.17) is 0 Å². The second-order valence-electron chi connectivity index (χ2n) is 1.17. The summed E-state index contributed by atoms with van der Waals surface area (Å²) in [4.78, 5) is 7.11. The molecule has 3 radical (unpaired) electrons. The first-order chi connectivity index (χ1) is 5.85.